The van der Waals surface area contributed by atoms with E-state index in [1.165, 1.54) is 11.8 Å². The molecule has 1 N–H and O–H groups in total. The van der Waals surface area contributed by atoms with E-state index in [1.807, 2.05) is 26.0 Å². The zero-order valence-electron chi connectivity index (χ0n) is 12.8. The summed E-state index contributed by atoms with van der Waals surface area (Å²) in [6.45, 7) is 5.63. The Hall–Kier alpha value is -1.60. The Morgan fingerprint density at radius 1 is 1.33 bits per heavy atom. The highest BCUT2D eigenvalue weighted by Gasteiger charge is 2.17. The van der Waals surface area contributed by atoms with E-state index in [4.69, 9.17) is 4.74 Å². The first kappa shape index (κ1) is 17.5. The highest BCUT2D eigenvalue weighted by atomic mass is 32.2. The number of benzene rings is 1. The molecular weight excluding hydrogens is 292 g/mol. The minimum Gasteiger partial charge on any atom is -0.489 e. The van der Waals surface area contributed by atoms with Crippen LogP contribution in [0.25, 0.3) is 0 Å². The molecule has 7 heteroatoms. The van der Waals surface area contributed by atoms with Crippen molar-refractivity contribution in [3.05, 3.63) is 24.3 Å². The van der Waals surface area contributed by atoms with Crippen LogP contribution >= 0.6 is 0 Å². The van der Waals surface area contributed by atoms with E-state index >= 15 is 0 Å². The Balaban J connectivity index is 2.93. The number of rotatable bonds is 7. The predicted octanol–water partition coefficient (Wildman–Crippen LogP) is 1.38. The predicted molar refractivity (Wildman–Crippen MR) is 83.1 cm³/mol. The summed E-state index contributed by atoms with van der Waals surface area (Å²) in [6.07, 6.45) is 1.06. The molecule has 0 spiro atoms. The molecular formula is C14H22N2O4S. The van der Waals surface area contributed by atoms with Gasteiger partial charge in [0, 0.05) is 20.0 Å². The van der Waals surface area contributed by atoms with Crippen LogP contribution in [0, 0.1) is 0 Å². The van der Waals surface area contributed by atoms with E-state index < -0.39 is 10.0 Å². The molecule has 6 nitrogen and oxygen atoms in total. The lowest BCUT2D eigenvalue weighted by Gasteiger charge is -2.24. The molecule has 0 aliphatic carbocycles. The lowest BCUT2D eigenvalue weighted by Crippen LogP contribution is -2.37. The van der Waals surface area contributed by atoms with Crippen molar-refractivity contribution < 1.29 is 17.9 Å². The smallest absolute Gasteiger partial charge is 0.224 e. The number of ether oxygens (including phenoxy) is 1. The maximum atomic E-state index is 11.8. The average molecular weight is 314 g/mol. The van der Waals surface area contributed by atoms with Gasteiger partial charge in [-0.15, -0.1) is 0 Å². The molecule has 1 aromatic rings. The molecule has 0 unspecified atom stereocenters. The number of anilines is 1. The first-order valence-electron chi connectivity index (χ1n) is 6.69. The summed E-state index contributed by atoms with van der Waals surface area (Å²) in [7, 11) is -3.28. The fourth-order valence-corrected chi connectivity index (χ4v) is 2.29. The van der Waals surface area contributed by atoms with Gasteiger partial charge in [0.15, 0.2) is 0 Å². The zero-order valence-corrected chi connectivity index (χ0v) is 13.6. The summed E-state index contributed by atoms with van der Waals surface area (Å²) in [6, 6.07) is 7.20. The highest BCUT2D eigenvalue weighted by molar-refractivity contribution is 7.88. The number of amides is 1. The lowest BCUT2D eigenvalue weighted by atomic mass is 10.2. The van der Waals surface area contributed by atoms with Crippen LogP contribution in [-0.4, -0.2) is 39.8 Å². The van der Waals surface area contributed by atoms with Crippen molar-refractivity contribution >= 4 is 21.6 Å². The van der Waals surface area contributed by atoms with Gasteiger partial charge in [-0.25, -0.2) is 13.1 Å². The van der Waals surface area contributed by atoms with Crippen molar-refractivity contribution in [1.29, 1.82) is 0 Å². The van der Waals surface area contributed by atoms with E-state index in [2.05, 4.69) is 4.72 Å². The average Bonchev–Trinajstić information content (AvgIpc) is 2.33. The third kappa shape index (κ3) is 6.14. The number of hydrogen-bond acceptors (Lipinski definition) is 4. The molecule has 0 aliphatic rings. The maximum absolute atomic E-state index is 11.8. The Morgan fingerprint density at radius 2 is 1.95 bits per heavy atom. The molecule has 0 fully saturated rings. The quantitative estimate of drug-likeness (QED) is 0.825. The van der Waals surface area contributed by atoms with Crippen LogP contribution in [0.2, 0.25) is 0 Å². The second-order valence-electron chi connectivity index (χ2n) is 4.97. The summed E-state index contributed by atoms with van der Waals surface area (Å²) in [5.74, 6) is 0.423. The third-order valence-electron chi connectivity index (χ3n) is 2.60. The van der Waals surface area contributed by atoms with Gasteiger partial charge >= 0.3 is 0 Å². The fraction of sp³-hybridized carbons (Fsp3) is 0.500. The Bertz CT molecular complexity index is 584. The molecule has 0 saturated heterocycles. The van der Waals surface area contributed by atoms with Gasteiger partial charge < -0.3 is 9.64 Å². The fourth-order valence-electron chi connectivity index (χ4n) is 1.82. The van der Waals surface area contributed by atoms with E-state index in [1.54, 1.807) is 12.1 Å². The molecule has 0 saturated carbocycles. The molecule has 21 heavy (non-hydrogen) atoms. The lowest BCUT2D eigenvalue weighted by molar-refractivity contribution is -0.116. The van der Waals surface area contributed by atoms with E-state index in [-0.39, 0.29) is 25.1 Å². The molecule has 1 aromatic carbocycles. The van der Waals surface area contributed by atoms with Gasteiger partial charge in [0.1, 0.15) is 5.75 Å². The highest BCUT2D eigenvalue weighted by Crippen LogP contribution is 2.28. The first-order valence-corrected chi connectivity index (χ1v) is 8.58. The number of para-hydroxylation sites is 2. The van der Waals surface area contributed by atoms with E-state index in [0.29, 0.717) is 11.4 Å². The van der Waals surface area contributed by atoms with Crippen molar-refractivity contribution in [1.82, 2.24) is 4.72 Å². The number of carbonyl (C=O) groups is 1. The summed E-state index contributed by atoms with van der Waals surface area (Å²) < 4.78 is 30.3. The monoisotopic (exact) mass is 314 g/mol. The van der Waals surface area contributed by atoms with Gasteiger partial charge in [-0.2, -0.15) is 0 Å². The van der Waals surface area contributed by atoms with E-state index in [9.17, 15) is 13.2 Å². The number of carbonyl (C=O) groups excluding carboxylic acids is 1. The molecule has 1 amide bonds. The Kier molecular flexibility index (Phi) is 6.17. The van der Waals surface area contributed by atoms with Crippen LogP contribution in [0.5, 0.6) is 5.75 Å². The molecule has 0 atom stereocenters. The minimum absolute atomic E-state index is 0.0193. The SMILES string of the molecule is CC(=O)N(CCNS(C)(=O)=O)c1ccccc1OC(C)C. The number of nitrogens with zero attached hydrogens (tertiary/aromatic N) is 1. The molecule has 0 aromatic heterocycles. The summed E-state index contributed by atoms with van der Waals surface area (Å²) >= 11 is 0. The van der Waals surface area contributed by atoms with Crippen molar-refractivity contribution in [3.63, 3.8) is 0 Å². The standard InChI is InChI=1S/C14H22N2O4S/c1-11(2)20-14-8-6-5-7-13(14)16(12(3)17)10-9-15-21(4,18)19/h5-8,11,15H,9-10H2,1-4H3. The van der Waals surface area contributed by atoms with Gasteiger partial charge in [-0.3, -0.25) is 4.79 Å². The van der Waals surface area contributed by atoms with Crippen molar-refractivity contribution in [2.75, 3.05) is 24.2 Å². The van der Waals surface area contributed by atoms with Crippen molar-refractivity contribution in [2.24, 2.45) is 0 Å². The van der Waals surface area contributed by atoms with Crippen LogP contribution in [0.4, 0.5) is 5.69 Å². The largest absolute Gasteiger partial charge is 0.489 e. The summed E-state index contributed by atoms with van der Waals surface area (Å²) in [5.41, 5.74) is 0.633. The van der Waals surface area contributed by atoms with Crippen LogP contribution in [0.1, 0.15) is 20.8 Å². The van der Waals surface area contributed by atoms with Crippen LogP contribution < -0.4 is 14.4 Å². The molecule has 0 bridgehead atoms. The normalized spacial score (nSPS) is 11.5. The van der Waals surface area contributed by atoms with Crippen molar-refractivity contribution in [2.45, 2.75) is 26.9 Å². The van der Waals surface area contributed by atoms with E-state index in [0.717, 1.165) is 6.26 Å². The number of sulfonamides is 1. The van der Waals surface area contributed by atoms with Gasteiger partial charge in [0.05, 0.1) is 18.0 Å². The number of hydrogen-bond donors (Lipinski definition) is 1. The van der Waals surface area contributed by atoms with Gasteiger partial charge in [-0.1, -0.05) is 12.1 Å². The molecule has 1 rings (SSSR count). The van der Waals surface area contributed by atoms with Crippen LogP contribution in [-0.2, 0) is 14.8 Å². The Labute approximate surface area is 126 Å². The first-order chi connectivity index (χ1) is 9.70. The van der Waals surface area contributed by atoms with Crippen molar-refractivity contribution in [3.8, 4) is 5.75 Å². The van der Waals surface area contributed by atoms with Gasteiger partial charge in [0.25, 0.3) is 0 Å². The zero-order chi connectivity index (χ0) is 16.0. The van der Waals surface area contributed by atoms with Gasteiger partial charge in [-0.05, 0) is 26.0 Å². The summed E-state index contributed by atoms with van der Waals surface area (Å²) in [5, 5.41) is 0. The minimum atomic E-state index is -3.28. The van der Waals surface area contributed by atoms with Crippen LogP contribution in [0.3, 0.4) is 0 Å². The second kappa shape index (κ2) is 7.42. The molecule has 0 aliphatic heterocycles. The Morgan fingerprint density at radius 3 is 2.48 bits per heavy atom. The van der Waals surface area contributed by atoms with Crippen LogP contribution in [0.15, 0.2) is 24.3 Å². The second-order valence-corrected chi connectivity index (χ2v) is 6.80. The molecule has 0 radical (unpaired) electrons. The topological polar surface area (TPSA) is 75.7 Å². The maximum Gasteiger partial charge on any atom is 0.224 e. The number of nitrogens with one attached hydrogen (secondary N) is 1. The molecule has 0 heterocycles. The summed E-state index contributed by atoms with van der Waals surface area (Å²) in [4.78, 5) is 13.3. The third-order valence-corrected chi connectivity index (χ3v) is 3.33. The molecule has 118 valence electrons. The van der Waals surface area contributed by atoms with Gasteiger partial charge in [0.2, 0.25) is 15.9 Å².